The van der Waals surface area contributed by atoms with Crippen molar-refractivity contribution in [2.75, 3.05) is 18.5 Å². The van der Waals surface area contributed by atoms with E-state index in [0.29, 0.717) is 39.0 Å². The van der Waals surface area contributed by atoms with E-state index in [1.165, 1.54) is 0 Å². The lowest BCUT2D eigenvalue weighted by atomic mass is 9.73. The van der Waals surface area contributed by atoms with Gasteiger partial charge in [0, 0.05) is 23.8 Å². The maximum Gasteiger partial charge on any atom is 0.235 e. The van der Waals surface area contributed by atoms with E-state index in [2.05, 4.69) is 10.6 Å². The minimum Gasteiger partial charge on any atom is -0.381 e. The van der Waals surface area contributed by atoms with Crippen LogP contribution in [0.15, 0.2) is 72.1 Å². The highest BCUT2D eigenvalue weighted by molar-refractivity contribution is 7.09. The van der Waals surface area contributed by atoms with E-state index in [9.17, 15) is 9.59 Å². The van der Waals surface area contributed by atoms with Gasteiger partial charge in [-0.15, -0.1) is 11.3 Å². The van der Waals surface area contributed by atoms with Crippen molar-refractivity contribution >= 4 is 28.8 Å². The van der Waals surface area contributed by atoms with E-state index in [0.717, 1.165) is 21.7 Å². The summed E-state index contributed by atoms with van der Waals surface area (Å²) in [6, 6.07) is 21.4. The molecule has 6 heteroatoms. The zero-order valence-electron chi connectivity index (χ0n) is 17.3. The molecule has 31 heavy (non-hydrogen) atoms. The number of rotatable bonds is 7. The molecule has 3 aromatic rings. The van der Waals surface area contributed by atoms with Crippen LogP contribution >= 0.6 is 11.3 Å². The Kier molecular flexibility index (Phi) is 6.79. The summed E-state index contributed by atoms with van der Waals surface area (Å²) in [5.74, 6) is -0.0288. The maximum absolute atomic E-state index is 13.3. The Labute approximate surface area is 186 Å². The van der Waals surface area contributed by atoms with Gasteiger partial charge < -0.3 is 15.4 Å². The lowest BCUT2D eigenvalue weighted by Gasteiger charge is -2.36. The van der Waals surface area contributed by atoms with E-state index < -0.39 is 5.41 Å². The Morgan fingerprint density at radius 3 is 2.35 bits per heavy atom. The summed E-state index contributed by atoms with van der Waals surface area (Å²) in [5, 5.41) is 8.01. The van der Waals surface area contributed by atoms with Crippen LogP contribution in [0.25, 0.3) is 0 Å². The van der Waals surface area contributed by atoms with Gasteiger partial charge in [0.15, 0.2) is 0 Å². The Morgan fingerprint density at radius 2 is 1.68 bits per heavy atom. The van der Waals surface area contributed by atoms with Crippen molar-refractivity contribution in [3.63, 3.8) is 0 Å². The van der Waals surface area contributed by atoms with Crippen LogP contribution in [0.2, 0.25) is 0 Å². The van der Waals surface area contributed by atoms with Crippen molar-refractivity contribution < 1.29 is 14.3 Å². The lowest BCUT2D eigenvalue weighted by Crippen LogP contribution is -2.44. The van der Waals surface area contributed by atoms with Gasteiger partial charge in [0.2, 0.25) is 11.8 Å². The molecule has 1 aromatic heterocycles. The molecular weight excluding hydrogens is 408 g/mol. The number of hydrogen-bond donors (Lipinski definition) is 2. The number of carbonyl (C=O) groups is 2. The fraction of sp³-hybridized carbons (Fsp3) is 0.280. The number of anilines is 1. The number of benzene rings is 2. The van der Waals surface area contributed by atoms with Crippen molar-refractivity contribution in [1.82, 2.24) is 5.32 Å². The number of ether oxygens (including phenoxy) is 1. The summed E-state index contributed by atoms with van der Waals surface area (Å²) < 4.78 is 5.53. The van der Waals surface area contributed by atoms with E-state index in [1.807, 2.05) is 72.1 Å². The summed E-state index contributed by atoms with van der Waals surface area (Å²) in [6.45, 7) is 1.69. The SMILES string of the molecule is O=C(Cc1ccc(NC(=O)C2(c3ccccc3)CCOCC2)cc1)NCc1cccs1. The molecule has 0 aliphatic carbocycles. The molecule has 160 valence electrons. The average molecular weight is 435 g/mol. The summed E-state index contributed by atoms with van der Waals surface area (Å²) >= 11 is 1.63. The van der Waals surface area contributed by atoms with Crippen molar-refractivity contribution in [1.29, 1.82) is 0 Å². The Bertz CT molecular complexity index is 995. The summed E-state index contributed by atoms with van der Waals surface area (Å²) in [4.78, 5) is 26.6. The molecule has 4 rings (SSSR count). The van der Waals surface area contributed by atoms with E-state index >= 15 is 0 Å². The Morgan fingerprint density at radius 1 is 0.935 bits per heavy atom. The van der Waals surface area contributed by atoms with Crippen molar-refractivity contribution in [3.05, 3.63) is 88.1 Å². The van der Waals surface area contributed by atoms with Crippen LogP contribution in [0, 0.1) is 0 Å². The monoisotopic (exact) mass is 434 g/mol. The standard InChI is InChI=1S/C25H26N2O3S/c28-23(26-18-22-7-4-16-31-22)17-19-8-10-21(11-9-19)27-24(29)25(12-14-30-15-13-25)20-5-2-1-3-6-20/h1-11,16H,12-15,17-18H2,(H,26,28)(H,27,29). The topological polar surface area (TPSA) is 67.4 Å². The molecule has 0 atom stereocenters. The van der Waals surface area contributed by atoms with Crippen LogP contribution in [0.3, 0.4) is 0 Å². The second-order valence-electron chi connectivity index (χ2n) is 7.74. The van der Waals surface area contributed by atoms with Gasteiger partial charge >= 0.3 is 0 Å². The number of amides is 2. The van der Waals surface area contributed by atoms with Crippen molar-refractivity contribution in [2.45, 2.75) is 31.2 Å². The first-order valence-electron chi connectivity index (χ1n) is 10.5. The molecule has 2 N–H and O–H groups in total. The molecule has 0 saturated carbocycles. The predicted molar refractivity (Wildman–Crippen MR) is 123 cm³/mol. The van der Waals surface area contributed by atoms with Gasteiger partial charge in [0.1, 0.15) is 0 Å². The van der Waals surface area contributed by atoms with E-state index in [4.69, 9.17) is 4.74 Å². The molecular formula is C25H26N2O3S. The smallest absolute Gasteiger partial charge is 0.235 e. The van der Waals surface area contributed by atoms with Crippen LogP contribution < -0.4 is 10.6 Å². The zero-order chi connectivity index (χ0) is 21.5. The third-order valence-corrected chi connectivity index (χ3v) is 6.60. The number of thiophene rings is 1. The van der Waals surface area contributed by atoms with Gasteiger partial charge in [0.05, 0.1) is 18.4 Å². The number of hydrogen-bond acceptors (Lipinski definition) is 4. The zero-order valence-corrected chi connectivity index (χ0v) is 18.1. The first-order valence-corrected chi connectivity index (χ1v) is 11.4. The summed E-state index contributed by atoms with van der Waals surface area (Å²) in [6.07, 6.45) is 1.63. The molecule has 2 heterocycles. The quantitative estimate of drug-likeness (QED) is 0.583. The second-order valence-corrected chi connectivity index (χ2v) is 8.78. The van der Waals surface area contributed by atoms with Gasteiger partial charge in [-0.25, -0.2) is 0 Å². The first kappa shape index (κ1) is 21.3. The van der Waals surface area contributed by atoms with Gasteiger partial charge in [-0.05, 0) is 47.5 Å². The predicted octanol–water partition coefficient (Wildman–Crippen LogP) is 4.29. The van der Waals surface area contributed by atoms with Crippen LogP contribution in [-0.4, -0.2) is 25.0 Å². The second kappa shape index (κ2) is 9.90. The van der Waals surface area contributed by atoms with Crippen LogP contribution in [0.5, 0.6) is 0 Å². The van der Waals surface area contributed by atoms with Crippen LogP contribution in [-0.2, 0) is 32.7 Å². The largest absolute Gasteiger partial charge is 0.381 e. The van der Waals surface area contributed by atoms with Gasteiger partial charge in [-0.3, -0.25) is 9.59 Å². The fourth-order valence-electron chi connectivity index (χ4n) is 3.93. The molecule has 0 radical (unpaired) electrons. The molecule has 1 aliphatic rings. The van der Waals surface area contributed by atoms with E-state index in [-0.39, 0.29) is 11.8 Å². The summed E-state index contributed by atoms with van der Waals surface area (Å²) in [7, 11) is 0. The molecule has 2 aromatic carbocycles. The maximum atomic E-state index is 13.3. The minimum atomic E-state index is -0.583. The third-order valence-electron chi connectivity index (χ3n) is 5.72. The van der Waals surface area contributed by atoms with Crippen molar-refractivity contribution in [2.24, 2.45) is 0 Å². The summed E-state index contributed by atoms with van der Waals surface area (Å²) in [5.41, 5.74) is 2.08. The molecule has 5 nitrogen and oxygen atoms in total. The Hall–Kier alpha value is -2.96. The van der Waals surface area contributed by atoms with E-state index in [1.54, 1.807) is 11.3 Å². The van der Waals surface area contributed by atoms with Gasteiger partial charge in [-0.1, -0.05) is 48.5 Å². The minimum absolute atomic E-state index is 0.0107. The highest BCUT2D eigenvalue weighted by Gasteiger charge is 2.41. The fourth-order valence-corrected chi connectivity index (χ4v) is 4.57. The highest BCUT2D eigenvalue weighted by atomic mass is 32.1. The first-order chi connectivity index (χ1) is 15.2. The third kappa shape index (κ3) is 5.21. The highest BCUT2D eigenvalue weighted by Crippen LogP contribution is 2.36. The van der Waals surface area contributed by atoms with Crippen LogP contribution in [0.4, 0.5) is 5.69 Å². The van der Waals surface area contributed by atoms with Crippen LogP contribution in [0.1, 0.15) is 28.8 Å². The molecule has 0 unspecified atom stereocenters. The average Bonchev–Trinajstić information content (AvgIpc) is 3.34. The van der Waals surface area contributed by atoms with Crippen molar-refractivity contribution in [3.8, 4) is 0 Å². The molecule has 1 aliphatic heterocycles. The number of nitrogens with one attached hydrogen (secondary N) is 2. The molecule has 1 saturated heterocycles. The molecule has 2 amide bonds. The number of carbonyl (C=O) groups excluding carboxylic acids is 2. The Balaban J connectivity index is 1.38. The molecule has 1 fully saturated rings. The lowest BCUT2D eigenvalue weighted by molar-refractivity contribution is -0.125. The molecule has 0 bridgehead atoms. The van der Waals surface area contributed by atoms with Gasteiger partial charge in [-0.2, -0.15) is 0 Å². The molecule has 0 spiro atoms. The normalized spacial score (nSPS) is 15.2. The van der Waals surface area contributed by atoms with Gasteiger partial charge in [0.25, 0.3) is 0 Å².